The van der Waals surface area contributed by atoms with Gasteiger partial charge in [0.15, 0.2) is 18.1 Å². The molecule has 0 aliphatic rings. The molecule has 0 saturated heterocycles. The highest BCUT2D eigenvalue weighted by Gasteiger charge is 2.07. The first-order valence-electron chi connectivity index (χ1n) is 9.28. The molecule has 2 aromatic rings. The lowest BCUT2D eigenvalue weighted by Crippen LogP contribution is -2.24. The topological polar surface area (TPSA) is 69.2 Å². The van der Waals surface area contributed by atoms with Crippen molar-refractivity contribution >= 4 is 12.1 Å². The van der Waals surface area contributed by atoms with E-state index in [9.17, 15) is 4.79 Å². The maximum atomic E-state index is 11.9. The van der Waals surface area contributed by atoms with Crippen LogP contribution >= 0.6 is 0 Å². The molecule has 0 saturated carbocycles. The molecule has 0 aliphatic carbocycles. The van der Waals surface area contributed by atoms with Crippen LogP contribution in [0, 0.1) is 0 Å². The fraction of sp³-hybridized carbons (Fsp3) is 0.364. The lowest BCUT2D eigenvalue weighted by atomic mass is 10.0. The lowest BCUT2D eigenvalue weighted by molar-refractivity contribution is -0.123. The number of hydrogen-bond donors (Lipinski definition) is 1. The van der Waals surface area contributed by atoms with Gasteiger partial charge in [-0.3, -0.25) is 4.79 Å². The Kier molecular flexibility index (Phi) is 7.87. The number of nitrogens with zero attached hydrogens (tertiary/aromatic N) is 1. The van der Waals surface area contributed by atoms with Gasteiger partial charge in [-0.25, -0.2) is 5.43 Å². The Morgan fingerprint density at radius 3 is 2.39 bits per heavy atom. The molecule has 0 aromatic heterocycles. The quantitative estimate of drug-likeness (QED) is 0.521. The van der Waals surface area contributed by atoms with Gasteiger partial charge in [0.25, 0.3) is 5.91 Å². The van der Waals surface area contributed by atoms with Crippen molar-refractivity contribution in [2.45, 2.75) is 39.7 Å². The summed E-state index contributed by atoms with van der Waals surface area (Å²) in [5.41, 5.74) is 4.45. The summed E-state index contributed by atoms with van der Waals surface area (Å²) in [7, 11) is 1.58. The van der Waals surface area contributed by atoms with Gasteiger partial charge >= 0.3 is 0 Å². The van der Waals surface area contributed by atoms with E-state index in [1.807, 2.05) is 50.2 Å². The van der Waals surface area contributed by atoms with Gasteiger partial charge in [-0.05, 0) is 61.2 Å². The van der Waals surface area contributed by atoms with Crippen LogP contribution in [0.5, 0.6) is 17.2 Å². The van der Waals surface area contributed by atoms with Crippen molar-refractivity contribution < 1.29 is 19.0 Å². The van der Waals surface area contributed by atoms with E-state index in [4.69, 9.17) is 14.2 Å². The minimum absolute atomic E-state index is 0.0503. The molecule has 6 heteroatoms. The minimum Gasteiger partial charge on any atom is -0.493 e. The van der Waals surface area contributed by atoms with E-state index in [-0.39, 0.29) is 18.6 Å². The van der Waals surface area contributed by atoms with Gasteiger partial charge < -0.3 is 14.2 Å². The normalized spacial score (nSPS) is 11.1. The standard InChI is InChI=1S/C22H28N2O4/c1-15(2)18-7-9-19(10-8-18)27-14-22(25)24-23-13-17-6-11-20(28-16(3)4)21(12-17)26-5/h6-13,15-16H,14H2,1-5H3,(H,24,25)/b23-13+. The molecule has 0 unspecified atom stereocenters. The maximum Gasteiger partial charge on any atom is 0.277 e. The third kappa shape index (κ3) is 6.61. The molecule has 2 rings (SSSR count). The van der Waals surface area contributed by atoms with Crippen molar-refractivity contribution in [3.05, 3.63) is 53.6 Å². The number of hydrazone groups is 1. The predicted octanol–water partition coefficient (Wildman–Crippen LogP) is 4.13. The first-order chi connectivity index (χ1) is 13.4. The number of ether oxygens (including phenoxy) is 3. The molecule has 150 valence electrons. The first-order valence-corrected chi connectivity index (χ1v) is 9.28. The van der Waals surface area contributed by atoms with Crippen LogP contribution in [0.2, 0.25) is 0 Å². The second kappa shape index (κ2) is 10.3. The molecular formula is C22H28N2O4. The van der Waals surface area contributed by atoms with Gasteiger partial charge in [-0.1, -0.05) is 26.0 Å². The summed E-state index contributed by atoms with van der Waals surface area (Å²) < 4.78 is 16.5. The van der Waals surface area contributed by atoms with E-state index in [2.05, 4.69) is 24.4 Å². The molecule has 0 aliphatic heterocycles. The van der Waals surface area contributed by atoms with Crippen LogP contribution in [0.1, 0.15) is 44.7 Å². The Labute approximate surface area is 166 Å². The average molecular weight is 384 g/mol. The lowest BCUT2D eigenvalue weighted by Gasteiger charge is -2.13. The number of rotatable bonds is 9. The summed E-state index contributed by atoms with van der Waals surface area (Å²) in [6.45, 7) is 8.04. The van der Waals surface area contributed by atoms with Gasteiger partial charge in [0, 0.05) is 0 Å². The fourth-order valence-corrected chi connectivity index (χ4v) is 2.42. The van der Waals surface area contributed by atoms with Crippen molar-refractivity contribution in [1.29, 1.82) is 0 Å². The van der Waals surface area contributed by atoms with E-state index in [1.54, 1.807) is 13.2 Å². The number of benzene rings is 2. The molecular weight excluding hydrogens is 356 g/mol. The molecule has 1 N–H and O–H groups in total. The van der Waals surface area contributed by atoms with Crippen molar-refractivity contribution in [1.82, 2.24) is 5.43 Å². The van der Waals surface area contributed by atoms with E-state index in [0.717, 1.165) is 5.56 Å². The number of methoxy groups -OCH3 is 1. The van der Waals surface area contributed by atoms with Crippen LogP contribution < -0.4 is 19.6 Å². The molecule has 0 atom stereocenters. The molecule has 6 nitrogen and oxygen atoms in total. The zero-order valence-corrected chi connectivity index (χ0v) is 17.1. The van der Waals surface area contributed by atoms with Crippen molar-refractivity contribution in [3.63, 3.8) is 0 Å². The number of amides is 1. The van der Waals surface area contributed by atoms with Crippen LogP contribution in [0.4, 0.5) is 0 Å². The van der Waals surface area contributed by atoms with Crippen molar-refractivity contribution in [3.8, 4) is 17.2 Å². The second-order valence-electron chi connectivity index (χ2n) is 6.88. The van der Waals surface area contributed by atoms with Gasteiger partial charge in [-0.2, -0.15) is 5.10 Å². The molecule has 28 heavy (non-hydrogen) atoms. The summed E-state index contributed by atoms with van der Waals surface area (Å²) in [4.78, 5) is 11.9. The Morgan fingerprint density at radius 2 is 1.79 bits per heavy atom. The van der Waals surface area contributed by atoms with E-state index >= 15 is 0 Å². The van der Waals surface area contributed by atoms with Gasteiger partial charge in [0.1, 0.15) is 5.75 Å². The highest BCUT2D eigenvalue weighted by Crippen LogP contribution is 2.28. The minimum atomic E-state index is -0.337. The summed E-state index contributed by atoms with van der Waals surface area (Å²) in [5.74, 6) is 2.04. The summed E-state index contributed by atoms with van der Waals surface area (Å²) in [6.07, 6.45) is 1.59. The Balaban J connectivity index is 1.85. The fourth-order valence-electron chi connectivity index (χ4n) is 2.42. The SMILES string of the molecule is COc1cc(/C=N/NC(=O)COc2ccc(C(C)C)cc2)ccc1OC(C)C. The van der Waals surface area contributed by atoms with Gasteiger partial charge in [0.2, 0.25) is 0 Å². The third-order valence-electron chi connectivity index (χ3n) is 3.87. The molecule has 2 aromatic carbocycles. The molecule has 0 spiro atoms. The molecule has 0 radical (unpaired) electrons. The molecule has 1 amide bonds. The van der Waals surface area contributed by atoms with Crippen molar-refractivity contribution in [2.75, 3.05) is 13.7 Å². The Bertz CT molecular complexity index is 799. The highest BCUT2D eigenvalue weighted by molar-refractivity contribution is 5.83. The monoisotopic (exact) mass is 384 g/mol. The summed E-state index contributed by atoms with van der Waals surface area (Å²) in [6, 6.07) is 13.2. The Morgan fingerprint density at radius 1 is 1.07 bits per heavy atom. The van der Waals surface area contributed by atoms with Crippen LogP contribution in [0.15, 0.2) is 47.6 Å². The first kappa shape index (κ1) is 21.3. The number of carbonyl (C=O) groups excluding carboxylic acids is 1. The third-order valence-corrected chi connectivity index (χ3v) is 3.87. The van der Waals surface area contributed by atoms with Gasteiger partial charge in [-0.15, -0.1) is 0 Å². The highest BCUT2D eigenvalue weighted by atomic mass is 16.5. The van der Waals surface area contributed by atoms with E-state index < -0.39 is 0 Å². The van der Waals surface area contributed by atoms with Crippen molar-refractivity contribution in [2.24, 2.45) is 5.10 Å². The molecule has 0 fully saturated rings. The molecule has 0 bridgehead atoms. The van der Waals surface area contributed by atoms with Crippen LogP contribution in [-0.2, 0) is 4.79 Å². The Hall–Kier alpha value is -3.02. The molecule has 0 heterocycles. The number of hydrogen-bond acceptors (Lipinski definition) is 5. The number of nitrogens with one attached hydrogen (secondary N) is 1. The maximum absolute atomic E-state index is 11.9. The van der Waals surface area contributed by atoms with E-state index in [1.165, 1.54) is 11.8 Å². The van der Waals surface area contributed by atoms with Gasteiger partial charge in [0.05, 0.1) is 19.4 Å². The largest absolute Gasteiger partial charge is 0.493 e. The zero-order valence-electron chi connectivity index (χ0n) is 17.1. The summed E-state index contributed by atoms with van der Waals surface area (Å²) >= 11 is 0. The summed E-state index contributed by atoms with van der Waals surface area (Å²) in [5, 5.41) is 3.96. The van der Waals surface area contributed by atoms with Crippen LogP contribution in [0.3, 0.4) is 0 Å². The smallest absolute Gasteiger partial charge is 0.277 e. The zero-order chi connectivity index (χ0) is 20.5. The number of carbonyl (C=O) groups is 1. The second-order valence-corrected chi connectivity index (χ2v) is 6.88. The predicted molar refractivity (Wildman–Crippen MR) is 111 cm³/mol. The van der Waals surface area contributed by atoms with Crippen LogP contribution in [0.25, 0.3) is 0 Å². The van der Waals surface area contributed by atoms with Crippen LogP contribution in [-0.4, -0.2) is 31.9 Å². The average Bonchev–Trinajstić information content (AvgIpc) is 2.67. The van der Waals surface area contributed by atoms with E-state index in [0.29, 0.717) is 23.2 Å².